The van der Waals surface area contributed by atoms with Crippen LogP contribution in [0.15, 0.2) is 4.79 Å². The zero-order valence-corrected chi connectivity index (χ0v) is 7.70. The molecule has 0 fully saturated rings. The number of rotatable bonds is 3. The maximum Gasteiger partial charge on any atom is 0.347 e. The van der Waals surface area contributed by atoms with Gasteiger partial charge in [-0.05, 0) is 13.3 Å². The van der Waals surface area contributed by atoms with Crippen LogP contribution in [0, 0.1) is 6.92 Å². The fourth-order valence-electron chi connectivity index (χ4n) is 1.18. The summed E-state index contributed by atoms with van der Waals surface area (Å²) >= 11 is 0. The average molecular weight is 197 g/mol. The largest absolute Gasteiger partial charge is 0.481 e. The van der Waals surface area contributed by atoms with Gasteiger partial charge in [0.15, 0.2) is 0 Å². The molecule has 4 N–H and O–H groups in total. The summed E-state index contributed by atoms with van der Waals surface area (Å²) in [6.45, 7) is 1.66. The molecule has 0 aromatic carbocycles. The minimum Gasteiger partial charge on any atom is -0.481 e. The number of carbonyl (C=O) groups is 1. The molecule has 6 nitrogen and oxygen atoms in total. The summed E-state index contributed by atoms with van der Waals surface area (Å²) in [4.78, 5) is 27.1. The topological polar surface area (TPSA) is 109 Å². The van der Waals surface area contributed by atoms with Gasteiger partial charge in [-0.3, -0.25) is 4.79 Å². The third kappa shape index (κ3) is 2.32. The van der Waals surface area contributed by atoms with Crippen LogP contribution in [0.4, 0.5) is 5.82 Å². The number of nitrogens with one attached hydrogen (secondary N) is 1. The number of H-pyrrole nitrogens is 1. The van der Waals surface area contributed by atoms with E-state index in [1.165, 1.54) is 0 Å². The van der Waals surface area contributed by atoms with E-state index in [0.29, 0.717) is 11.3 Å². The van der Waals surface area contributed by atoms with Crippen molar-refractivity contribution in [3.05, 3.63) is 21.7 Å². The van der Waals surface area contributed by atoms with Crippen molar-refractivity contribution in [2.24, 2.45) is 0 Å². The van der Waals surface area contributed by atoms with Crippen LogP contribution in [0.1, 0.15) is 17.7 Å². The van der Waals surface area contributed by atoms with Crippen LogP contribution < -0.4 is 11.4 Å². The Morgan fingerprint density at radius 1 is 1.64 bits per heavy atom. The van der Waals surface area contributed by atoms with Gasteiger partial charge in [0.05, 0.1) is 0 Å². The number of aromatic amines is 1. The normalized spacial score (nSPS) is 10.1. The van der Waals surface area contributed by atoms with Crippen LogP contribution in [-0.4, -0.2) is 21.0 Å². The number of carboxylic acid groups (broad SMARTS) is 1. The quantitative estimate of drug-likeness (QED) is 0.615. The van der Waals surface area contributed by atoms with Gasteiger partial charge in [-0.25, -0.2) is 4.79 Å². The Morgan fingerprint density at radius 2 is 2.29 bits per heavy atom. The smallest absolute Gasteiger partial charge is 0.347 e. The highest BCUT2D eigenvalue weighted by atomic mass is 16.4. The molecule has 0 aliphatic carbocycles. The maximum atomic E-state index is 10.8. The van der Waals surface area contributed by atoms with Gasteiger partial charge in [-0.1, -0.05) is 0 Å². The van der Waals surface area contributed by atoms with Crippen LogP contribution in [0.25, 0.3) is 0 Å². The summed E-state index contributed by atoms with van der Waals surface area (Å²) in [5.41, 5.74) is 6.13. The molecule has 1 heterocycles. The molecular weight excluding hydrogens is 186 g/mol. The lowest BCUT2D eigenvalue weighted by molar-refractivity contribution is -0.136. The lowest BCUT2D eigenvalue weighted by Crippen LogP contribution is -2.17. The first kappa shape index (κ1) is 10.2. The molecular formula is C8H11N3O3. The van der Waals surface area contributed by atoms with Crippen molar-refractivity contribution in [2.75, 3.05) is 5.73 Å². The molecule has 1 rings (SSSR count). The van der Waals surface area contributed by atoms with Gasteiger partial charge in [0.1, 0.15) is 5.82 Å². The standard InChI is InChI=1S/C8H11N3O3/c1-4-5(2-3-6(12)13)7(9)11-8(14)10-4/h2-3H2,1H3,(H,12,13)(H3,9,10,11,14). The molecule has 0 atom stereocenters. The minimum absolute atomic E-state index is 0.0290. The lowest BCUT2D eigenvalue weighted by Gasteiger charge is -2.05. The Morgan fingerprint density at radius 3 is 2.79 bits per heavy atom. The van der Waals surface area contributed by atoms with E-state index in [1.54, 1.807) is 6.92 Å². The molecule has 76 valence electrons. The summed E-state index contributed by atoms with van der Waals surface area (Å²) in [7, 11) is 0. The van der Waals surface area contributed by atoms with Gasteiger partial charge in [0, 0.05) is 17.7 Å². The van der Waals surface area contributed by atoms with Crippen molar-refractivity contribution >= 4 is 11.8 Å². The van der Waals surface area contributed by atoms with Gasteiger partial charge in [0.2, 0.25) is 0 Å². The molecule has 0 amide bonds. The minimum atomic E-state index is -0.907. The fraction of sp³-hybridized carbons (Fsp3) is 0.375. The molecule has 14 heavy (non-hydrogen) atoms. The molecule has 0 saturated carbocycles. The highest BCUT2D eigenvalue weighted by molar-refractivity contribution is 5.67. The molecule has 0 saturated heterocycles. The lowest BCUT2D eigenvalue weighted by atomic mass is 10.1. The van der Waals surface area contributed by atoms with E-state index in [1.807, 2.05) is 0 Å². The van der Waals surface area contributed by atoms with E-state index >= 15 is 0 Å². The Labute approximate surface area is 79.8 Å². The molecule has 1 aromatic heterocycles. The number of aliphatic carboxylic acids is 1. The number of aryl methyl sites for hydroxylation is 1. The summed E-state index contributed by atoms with van der Waals surface area (Å²) in [6, 6.07) is 0. The summed E-state index contributed by atoms with van der Waals surface area (Å²) in [5, 5.41) is 8.48. The van der Waals surface area contributed by atoms with E-state index in [0.717, 1.165) is 0 Å². The van der Waals surface area contributed by atoms with E-state index in [9.17, 15) is 9.59 Å². The number of anilines is 1. The second-order valence-corrected chi connectivity index (χ2v) is 2.92. The van der Waals surface area contributed by atoms with E-state index in [2.05, 4.69) is 9.97 Å². The molecule has 0 bridgehead atoms. The van der Waals surface area contributed by atoms with Crippen LogP contribution in [0.3, 0.4) is 0 Å². The van der Waals surface area contributed by atoms with Crippen LogP contribution >= 0.6 is 0 Å². The third-order valence-corrected chi connectivity index (χ3v) is 1.87. The second kappa shape index (κ2) is 3.91. The molecule has 0 aliphatic heterocycles. The fourth-order valence-corrected chi connectivity index (χ4v) is 1.18. The van der Waals surface area contributed by atoms with Gasteiger partial charge in [-0.2, -0.15) is 4.98 Å². The first-order valence-electron chi connectivity index (χ1n) is 4.07. The highest BCUT2D eigenvalue weighted by Crippen LogP contribution is 2.11. The second-order valence-electron chi connectivity index (χ2n) is 2.92. The van der Waals surface area contributed by atoms with Crippen molar-refractivity contribution in [3.63, 3.8) is 0 Å². The number of nitrogens with zero attached hydrogens (tertiary/aromatic N) is 1. The van der Waals surface area contributed by atoms with Gasteiger partial charge in [-0.15, -0.1) is 0 Å². The number of nitrogen functional groups attached to an aromatic ring is 1. The van der Waals surface area contributed by atoms with Gasteiger partial charge >= 0.3 is 11.7 Å². The third-order valence-electron chi connectivity index (χ3n) is 1.87. The van der Waals surface area contributed by atoms with Crippen molar-refractivity contribution < 1.29 is 9.90 Å². The first-order valence-corrected chi connectivity index (χ1v) is 4.07. The number of aromatic nitrogens is 2. The predicted octanol–water partition coefficient (Wildman–Crippen LogP) is -0.322. The summed E-state index contributed by atoms with van der Waals surface area (Å²) in [6.07, 6.45) is 0.246. The molecule has 6 heteroatoms. The molecule has 0 spiro atoms. The van der Waals surface area contributed by atoms with Gasteiger partial charge in [0.25, 0.3) is 0 Å². The average Bonchev–Trinajstić information content (AvgIpc) is 2.01. The Kier molecular flexibility index (Phi) is 2.85. The molecule has 0 aliphatic rings. The number of hydrogen-bond acceptors (Lipinski definition) is 4. The van der Waals surface area contributed by atoms with E-state index < -0.39 is 11.7 Å². The van der Waals surface area contributed by atoms with Crippen LogP contribution in [-0.2, 0) is 11.2 Å². The SMILES string of the molecule is Cc1[nH]c(=O)nc(N)c1CCC(=O)O. The van der Waals surface area contributed by atoms with Gasteiger partial charge < -0.3 is 15.8 Å². The molecule has 0 radical (unpaired) electrons. The maximum absolute atomic E-state index is 10.8. The van der Waals surface area contributed by atoms with Crippen LogP contribution in [0.5, 0.6) is 0 Å². The van der Waals surface area contributed by atoms with E-state index in [-0.39, 0.29) is 18.7 Å². The summed E-state index contributed by atoms with van der Waals surface area (Å²) in [5.74, 6) is -0.803. The van der Waals surface area contributed by atoms with E-state index in [4.69, 9.17) is 10.8 Å². The van der Waals surface area contributed by atoms with Crippen molar-refractivity contribution in [1.82, 2.24) is 9.97 Å². The highest BCUT2D eigenvalue weighted by Gasteiger charge is 2.08. The van der Waals surface area contributed by atoms with Crippen molar-refractivity contribution in [2.45, 2.75) is 19.8 Å². The summed E-state index contributed by atoms with van der Waals surface area (Å²) < 4.78 is 0. The molecule has 0 unspecified atom stereocenters. The zero-order chi connectivity index (χ0) is 10.7. The van der Waals surface area contributed by atoms with Crippen LogP contribution in [0.2, 0.25) is 0 Å². The number of hydrogen-bond donors (Lipinski definition) is 3. The zero-order valence-electron chi connectivity index (χ0n) is 7.70. The monoisotopic (exact) mass is 197 g/mol. The molecule has 1 aromatic rings. The number of carboxylic acids is 1. The Hall–Kier alpha value is -1.85. The Bertz CT molecular complexity index is 385. The van der Waals surface area contributed by atoms with Crippen molar-refractivity contribution in [3.8, 4) is 0 Å². The number of nitrogens with two attached hydrogens (primary N) is 1. The predicted molar refractivity (Wildman–Crippen MR) is 50.0 cm³/mol. The Balaban J connectivity index is 2.97. The van der Waals surface area contributed by atoms with Crippen molar-refractivity contribution in [1.29, 1.82) is 0 Å². The first-order chi connectivity index (χ1) is 6.50.